The zero-order valence-electron chi connectivity index (χ0n) is 9.83. The third-order valence-corrected chi connectivity index (χ3v) is 2.98. The average molecular weight is 206 g/mol. The van der Waals surface area contributed by atoms with E-state index >= 15 is 0 Å². The Labute approximate surface area is 91.7 Å². The number of rotatable bonds is 1. The molecule has 2 N–H and O–H groups in total. The van der Waals surface area contributed by atoms with Crippen molar-refractivity contribution in [1.82, 2.24) is 9.78 Å². The van der Waals surface area contributed by atoms with Gasteiger partial charge in [0.1, 0.15) is 5.82 Å². The van der Waals surface area contributed by atoms with Crippen molar-refractivity contribution in [2.24, 2.45) is 0 Å². The molecule has 2 rings (SSSR count). The van der Waals surface area contributed by atoms with Crippen LogP contribution in [0.1, 0.15) is 51.6 Å². The number of nitrogen functional groups attached to an aromatic ring is 1. The van der Waals surface area contributed by atoms with E-state index in [1.807, 2.05) is 10.7 Å². The van der Waals surface area contributed by atoms with Crippen molar-refractivity contribution in [2.75, 3.05) is 5.73 Å². The highest BCUT2D eigenvalue weighted by molar-refractivity contribution is 5.34. The molecule has 1 aliphatic rings. The average Bonchev–Trinajstić information content (AvgIpc) is 2.68. The Morgan fingerprint density at radius 2 is 2.20 bits per heavy atom. The van der Waals surface area contributed by atoms with E-state index in [9.17, 15) is 0 Å². The van der Waals surface area contributed by atoms with E-state index in [-0.39, 0.29) is 5.54 Å². The summed E-state index contributed by atoms with van der Waals surface area (Å²) < 4.78 is 1.93. The summed E-state index contributed by atoms with van der Waals surface area (Å²) in [5, 5.41) is 4.63. The Hall–Kier alpha value is -0.990. The number of aromatic nitrogens is 2. The summed E-state index contributed by atoms with van der Waals surface area (Å²) >= 11 is 0. The summed E-state index contributed by atoms with van der Waals surface area (Å²) in [7, 11) is 0. The third kappa shape index (κ3) is 2.01. The van der Waals surface area contributed by atoms with Crippen LogP contribution in [0.25, 0.3) is 0 Å². The van der Waals surface area contributed by atoms with Crippen LogP contribution >= 0.6 is 0 Å². The standard InChI is InChI=1S/C12H20N3/c1-12(2,3)15-11(13)8-10(14-15)9-6-4-5-7-9/h4,8-9H,5-7,13H2,1-3H3/t9-/m0/s1. The zero-order valence-corrected chi connectivity index (χ0v) is 9.83. The van der Waals surface area contributed by atoms with Gasteiger partial charge >= 0.3 is 0 Å². The SMILES string of the molecule is CC(C)(C)n1nc([C@H]2C[CH]CC2)cc1N. The highest BCUT2D eigenvalue weighted by Crippen LogP contribution is 2.34. The summed E-state index contributed by atoms with van der Waals surface area (Å²) in [6.07, 6.45) is 5.94. The lowest BCUT2D eigenvalue weighted by Gasteiger charge is -2.20. The fraction of sp³-hybridized carbons (Fsp3) is 0.667. The van der Waals surface area contributed by atoms with Gasteiger partial charge in [-0.05, 0) is 46.5 Å². The van der Waals surface area contributed by atoms with Crippen molar-refractivity contribution >= 4 is 5.82 Å². The van der Waals surface area contributed by atoms with Crippen LogP contribution in [0.5, 0.6) is 0 Å². The van der Waals surface area contributed by atoms with Gasteiger partial charge in [0.15, 0.2) is 0 Å². The van der Waals surface area contributed by atoms with Gasteiger partial charge in [0.2, 0.25) is 0 Å². The van der Waals surface area contributed by atoms with E-state index in [1.54, 1.807) is 0 Å². The van der Waals surface area contributed by atoms with E-state index in [0.717, 1.165) is 17.9 Å². The molecule has 83 valence electrons. The molecular weight excluding hydrogens is 186 g/mol. The Kier molecular flexibility index (Phi) is 2.49. The minimum absolute atomic E-state index is 0.0232. The molecule has 1 radical (unpaired) electrons. The van der Waals surface area contributed by atoms with Crippen LogP contribution in [0.2, 0.25) is 0 Å². The van der Waals surface area contributed by atoms with Crippen molar-refractivity contribution < 1.29 is 0 Å². The van der Waals surface area contributed by atoms with Crippen LogP contribution in [0.3, 0.4) is 0 Å². The zero-order chi connectivity index (χ0) is 11.1. The molecule has 1 aromatic heterocycles. The largest absolute Gasteiger partial charge is 0.384 e. The maximum absolute atomic E-state index is 5.99. The van der Waals surface area contributed by atoms with Crippen LogP contribution in [-0.2, 0) is 5.54 Å². The summed E-state index contributed by atoms with van der Waals surface area (Å²) in [6, 6.07) is 2.04. The van der Waals surface area contributed by atoms with Crippen molar-refractivity contribution in [3.05, 3.63) is 18.2 Å². The third-order valence-electron chi connectivity index (χ3n) is 2.98. The first-order chi connectivity index (χ1) is 6.98. The predicted molar refractivity (Wildman–Crippen MR) is 62.5 cm³/mol. The van der Waals surface area contributed by atoms with Gasteiger partial charge in [-0.2, -0.15) is 5.10 Å². The number of nitrogens with zero attached hydrogens (tertiary/aromatic N) is 2. The van der Waals surface area contributed by atoms with Gasteiger partial charge in [-0.15, -0.1) is 0 Å². The lowest BCUT2D eigenvalue weighted by atomic mass is 10.1. The van der Waals surface area contributed by atoms with Crippen molar-refractivity contribution in [1.29, 1.82) is 0 Å². The van der Waals surface area contributed by atoms with Gasteiger partial charge in [-0.3, -0.25) is 0 Å². The fourth-order valence-corrected chi connectivity index (χ4v) is 2.18. The molecule has 1 fully saturated rings. The van der Waals surface area contributed by atoms with E-state index in [4.69, 9.17) is 5.73 Å². The first-order valence-electron chi connectivity index (χ1n) is 5.66. The molecule has 0 aromatic carbocycles. The number of anilines is 1. The molecule has 3 heteroatoms. The molecule has 1 saturated carbocycles. The molecule has 1 atom stereocenters. The quantitative estimate of drug-likeness (QED) is 0.767. The second-order valence-electron chi connectivity index (χ2n) is 5.38. The highest BCUT2D eigenvalue weighted by Gasteiger charge is 2.24. The second kappa shape index (κ2) is 3.54. The highest BCUT2D eigenvalue weighted by atomic mass is 15.3. The second-order valence-corrected chi connectivity index (χ2v) is 5.38. The Bertz CT molecular complexity index is 340. The molecule has 0 spiro atoms. The molecule has 0 unspecified atom stereocenters. The van der Waals surface area contributed by atoms with Gasteiger partial charge in [-0.25, -0.2) is 4.68 Å². The maximum atomic E-state index is 5.99. The summed E-state index contributed by atoms with van der Waals surface area (Å²) in [5.74, 6) is 1.38. The molecule has 1 heterocycles. The lowest BCUT2D eigenvalue weighted by Crippen LogP contribution is -2.24. The van der Waals surface area contributed by atoms with Crippen LogP contribution in [0.4, 0.5) is 5.82 Å². The van der Waals surface area contributed by atoms with Crippen LogP contribution in [0, 0.1) is 6.42 Å². The van der Waals surface area contributed by atoms with Gasteiger partial charge in [0.25, 0.3) is 0 Å². The van der Waals surface area contributed by atoms with Gasteiger partial charge in [0, 0.05) is 12.0 Å². The van der Waals surface area contributed by atoms with E-state index in [2.05, 4.69) is 32.3 Å². The van der Waals surface area contributed by atoms with E-state index in [0.29, 0.717) is 5.92 Å². The molecule has 3 nitrogen and oxygen atoms in total. The smallest absolute Gasteiger partial charge is 0.122 e. The minimum Gasteiger partial charge on any atom is -0.384 e. The normalized spacial score (nSPS) is 18.6. The van der Waals surface area contributed by atoms with Crippen LogP contribution in [-0.4, -0.2) is 9.78 Å². The summed E-state index contributed by atoms with van der Waals surface area (Å²) in [6.45, 7) is 6.38. The molecular formula is C12H20N3. The molecule has 0 amide bonds. The Morgan fingerprint density at radius 3 is 2.67 bits per heavy atom. The van der Waals surface area contributed by atoms with Gasteiger partial charge in [-0.1, -0.05) is 0 Å². The van der Waals surface area contributed by atoms with Crippen LogP contribution in [0.15, 0.2) is 6.07 Å². The minimum atomic E-state index is -0.0232. The van der Waals surface area contributed by atoms with Crippen molar-refractivity contribution in [3.8, 4) is 0 Å². The number of nitrogens with two attached hydrogens (primary N) is 1. The Balaban J connectivity index is 2.28. The maximum Gasteiger partial charge on any atom is 0.122 e. The lowest BCUT2D eigenvalue weighted by molar-refractivity contribution is 0.357. The summed E-state index contributed by atoms with van der Waals surface area (Å²) in [5.41, 5.74) is 7.13. The molecule has 1 aliphatic carbocycles. The molecule has 1 aromatic rings. The Morgan fingerprint density at radius 1 is 1.47 bits per heavy atom. The molecule has 0 bridgehead atoms. The molecule has 15 heavy (non-hydrogen) atoms. The fourth-order valence-electron chi connectivity index (χ4n) is 2.18. The number of hydrogen-bond acceptors (Lipinski definition) is 2. The van der Waals surface area contributed by atoms with E-state index in [1.165, 1.54) is 12.8 Å². The van der Waals surface area contributed by atoms with Crippen LogP contribution < -0.4 is 5.73 Å². The topological polar surface area (TPSA) is 43.8 Å². The summed E-state index contributed by atoms with van der Waals surface area (Å²) in [4.78, 5) is 0. The first-order valence-corrected chi connectivity index (χ1v) is 5.66. The monoisotopic (exact) mass is 206 g/mol. The molecule has 0 saturated heterocycles. The van der Waals surface area contributed by atoms with Gasteiger partial charge < -0.3 is 5.73 Å². The van der Waals surface area contributed by atoms with Crippen molar-refractivity contribution in [2.45, 2.75) is 51.5 Å². The van der Waals surface area contributed by atoms with E-state index < -0.39 is 0 Å². The number of hydrogen-bond donors (Lipinski definition) is 1. The van der Waals surface area contributed by atoms with Crippen molar-refractivity contribution in [3.63, 3.8) is 0 Å². The molecule has 0 aliphatic heterocycles. The van der Waals surface area contributed by atoms with Gasteiger partial charge in [0.05, 0.1) is 11.2 Å². The predicted octanol–water partition coefficient (Wildman–Crippen LogP) is 2.69. The first kappa shape index (κ1) is 10.5.